The predicted octanol–water partition coefficient (Wildman–Crippen LogP) is 4.41. The normalized spacial score (nSPS) is 11.9. The van der Waals surface area contributed by atoms with Gasteiger partial charge in [-0.3, -0.25) is 4.79 Å². The van der Waals surface area contributed by atoms with Gasteiger partial charge in [0.1, 0.15) is 4.83 Å². The third-order valence-electron chi connectivity index (χ3n) is 2.43. The molecule has 2 aromatic rings. The van der Waals surface area contributed by atoms with Gasteiger partial charge in [0, 0.05) is 10.7 Å². The van der Waals surface area contributed by atoms with E-state index in [-0.39, 0.29) is 10.7 Å². The molecular formula is C14H11BrClNO. The predicted molar refractivity (Wildman–Crippen MR) is 78.2 cm³/mol. The first-order chi connectivity index (χ1) is 8.66. The third kappa shape index (κ3) is 3.34. The van der Waals surface area contributed by atoms with Crippen molar-refractivity contribution in [1.82, 2.24) is 0 Å². The zero-order chi connectivity index (χ0) is 13.0. The number of benzene rings is 2. The van der Waals surface area contributed by atoms with E-state index >= 15 is 0 Å². The van der Waals surface area contributed by atoms with Crippen LogP contribution in [-0.4, -0.2) is 5.91 Å². The van der Waals surface area contributed by atoms with E-state index in [4.69, 9.17) is 11.6 Å². The van der Waals surface area contributed by atoms with E-state index in [0.29, 0.717) is 5.02 Å². The highest BCUT2D eigenvalue weighted by molar-refractivity contribution is 9.09. The van der Waals surface area contributed by atoms with Crippen LogP contribution in [0.4, 0.5) is 5.69 Å². The molecule has 1 N–H and O–H groups in total. The molecule has 0 aliphatic heterocycles. The second kappa shape index (κ2) is 6.03. The van der Waals surface area contributed by atoms with Crippen LogP contribution in [0.1, 0.15) is 10.4 Å². The Morgan fingerprint density at radius 2 is 1.67 bits per heavy atom. The lowest BCUT2D eigenvalue weighted by Crippen LogP contribution is -2.16. The molecule has 0 aromatic heterocycles. The molecule has 0 bridgehead atoms. The van der Waals surface area contributed by atoms with Gasteiger partial charge >= 0.3 is 0 Å². The van der Waals surface area contributed by atoms with Crippen LogP contribution in [0.3, 0.4) is 0 Å². The number of anilines is 1. The molecule has 0 fully saturated rings. The SMILES string of the molecule is O=C(Nc1ccc(Cl)cc1)C(Br)c1ccccc1. The van der Waals surface area contributed by atoms with Gasteiger partial charge in [-0.1, -0.05) is 57.9 Å². The van der Waals surface area contributed by atoms with E-state index in [1.807, 2.05) is 30.3 Å². The highest BCUT2D eigenvalue weighted by Gasteiger charge is 2.16. The molecule has 2 rings (SSSR count). The molecule has 2 aromatic carbocycles. The molecule has 1 unspecified atom stereocenters. The van der Waals surface area contributed by atoms with Crippen molar-refractivity contribution in [2.45, 2.75) is 4.83 Å². The number of hydrogen-bond acceptors (Lipinski definition) is 1. The molecule has 4 heteroatoms. The van der Waals surface area contributed by atoms with Gasteiger partial charge in [-0.25, -0.2) is 0 Å². The van der Waals surface area contributed by atoms with Gasteiger partial charge in [0.05, 0.1) is 0 Å². The molecule has 18 heavy (non-hydrogen) atoms. The summed E-state index contributed by atoms with van der Waals surface area (Å²) in [5.74, 6) is -0.108. The maximum atomic E-state index is 12.0. The quantitative estimate of drug-likeness (QED) is 0.832. The summed E-state index contributed by atoms with van der Waals surface area (Å²) in [7, 11) is 0. The van der Waals surface area contributed by atoms with Gasteiger partial charge in [0.15, 0.2) is 0 Å². The Labute approximate surface area is 119 Å². The van der Waals surface area contributed by atoms with Crippen LogP contribution in [0.15, 0.2) is 54.6 Å². The van der Waals surface area contributed by atoms with Crippen molar-refractivity contribution in [3.63, 3.8) is 0 Å². The largest absolute Gasteiger partial charge is 0.325 e. The molecule has 1 amide bonds. The summed E-state index contributed by atoms with van der Waals surface area (Å²) in [5, 5.41) is 3.47. The smallest absolute Gasteiger partial charge is 0.242 e. The summed E-state index contributed by atoms with van der Waals surface area (Å²) < 4.78 is 0. The number of rotatable bonds is 3. The Morgan fingerprint density at radius 1 is 1.06 bits per heavy atom. The summed E-state index contributed by atoms with van der Waals surface area (Å²) in [4.78, 5) is 11.6. The van der Waals surface area contributed by atoms with E-state index in [1.165, 1.54) is 0 Å². The van der Waals surface area contributed by atoms with Crippen molar-refractivity contribution in [3.05, 3.63) is 65.2 Å². The Morgan fingerprint density at radius 3 is 2.28 bits per heavy atom. The summed E-state index contributed by atoms with van der Waals surface area (Å²) in [5.41, 5.74) is 1.65. The van der Waals surface area contributed by atoms with Crippen LogP contribution in [-0.2, 0) is 4.79 Å². The minimum absolute atomic E-state index is 0.108. The summed E-state index contributed by atoms with van der Waals surface area (Å²) in [6.07, 6.45) is 0. The standard InChI is InChI=1S/C14H11BrClNO/c15-13(10-4-2-1-3-5-10)14(18)17-12-8-6-11(16)7-9-12/h1-9,13H,(H,17,18). The lowest BCUT2D eigenvalue weighted by molar-refractivity contribution is -0.115. The van der Waals surface area contributed by atoms with Crippen LogP contribution in [0, 0.1) is 0 Å². The van der Waals surface area contributed by atoms with E-state index < -0.39 is 0 Å². The first-order valence-electron chi connectivity index (χ1n) is 5.42. The van der Waals surface area contributed by atoms with Crippen LogP contribution < -0.4 is 5.32 Å². The van der Waals surface area contributed by atoms with E-state index in [0.717, 1.165) is 11.3 Å². The third-order valence-corrected chi connectivity index (χ3v) is 3.63. The number of alkyl halides is 1. The van der Waals surface area contributed by atoms with E-state index in [1.54, 1.807) is 24.3 Å². The van der Waals surface area contributed by atoms with Crippen molar-refractivity contribution < 1.29 is 4.79 Å². The van der Waals surface area contributed by atoms with Crippen LogP contribution in [0.25, 0.3) is 0 Å². The van der Waals surface area contributed by atoms with Crippen LogP contribution in [0.5, 0.6) is 0 Å². The van der Waals surface area contributed by atoms with Gasteiger partial charge < -0.3 is 5.32 Å². The Bertz CT molecular complexity index is 527. The highest BCUT2D eigenvalue weighted by Crippen LogP contribution is 2.24. The molecule has 0 aliphatic carbocycles. The first kappa shape index (κ1) is 13.1. The minimum atomic E-state index is -0.366. The van der Waals surface area contributed by atoms with Gasteiger partial charge in [-0.15, -0.1) is 0 Å². The second-order valence-corrected chi connectivity index (χ2v) is 5.12. The van der Waals surface area contributed by atoms with E-state index in [2.05, 4.69) is 21.2 Å². The van der Waals surface area contributed by atoms with Crippen molar-refractivity contribution in [3.8, 4) is 0 Å². The Kier molecular flexibility index (Phi) is 4.39. The lowest BCUT2D eigenvalue weighted by Gasteiger charge is -2.11. The molecule has 1 atom stereocenters. The molecule has 0 radical (unpaired) electrons. The zero-order valence-corrected chi connectivity index (χ0v) is 11.8. The highest BCUT2D eigenvalue weighted by atomic mass is 79.9. The second-order valence-electron chi connectivity index (χ2n) is 3.77. The molecule has 2 nitrogen and oxygen atoms in total. The van der Waals surface area contributed by atoms with Gasteiger partial charge in [0.2, 0.25) is 5.91 Å². The van der Waals surface area contributed by atoms with Gasteiger partial charge in [-0.2, -0.15) is 0 Å². The van der Waals surface area contributed by atoms with Crippen molar-refractivity contribution in [2.24, 2.45) is 0 Å². The lowest BCUT2D eigenvalue weighted by atomic mass is 10.1. The fraction of sp³-hybridized carbons (Fsp3) is 0.0714. The average molecular weight is 325 g/mol. The number of hydrogen-bond donors (Lipinski definition) is 1. The summed E-state index contributed by atoms with van der Waals surface area (Å²) in [6, 6.07) is 16.5. The maximum Gasteiger partial charge on any atom is 0.242 e. The fourth-order valence-electron chi connectivity index (χ4n) is 1.51. The zero-order valence-electron chi connectivity index (χ0n) is 9.44. The molecule has 92 valence electrons. The van der Waals surface area contributed by atoms with E-state index in [9.17, 15) is 4.79 Å². The number of halogens is 2. The fourth-order valence-corrected chi connectivity index (χ4v) is 2.06. The maximum absolute atomic E-state index is 12.0. The molecule has 0 spiro atoms. The number of amides is 1. The summed E-state index contributed by atoms with van der Waals surface area (Å²) >= 11 is 9.17. The van der Waals surface area contributed by atoms with Crippen LogP contribution in [0.2, 0.25) is 5.02 Å². The van der Waals surface area contributed by atoms with Gasteiger partial charge in [0.25, 0.3) is 0 Å². The number of carbonyl (C=O) groups is 1. The molecular weight excluding hydrogens is 314 g/mol. The summed E-state index contributed by atoms with van der Waals surface area (Å²) in [6.45, 7) is 0. The molecule has 0 saturated carbocycles. The van der Waals surface area contributed by atoms with Crippen molar-refractivity contribution >= 4 is 39.1 Å². The van der Waals surface area contributed by atoms with Crippen LogP contribution >= 0.6 is 27.5 Å². The Hall–Kier alpha value is -1.32. The molecule has 0 heterocycles. The monoisotopic (exact) mass is 323 g/mol. The number of nitrogens with one attached hydrogen (secondary N) is 1. The molecule has 0 aliphatic rings. The van der Waals surface area contributed by atoms with Crippen molar-refractivity contribution in [1.29, 1.82) is 0 Å². The van der Waals surface area contributed by atoms with Gasteiger partial charge in [-0.05, 0) is 29.8 Å². The first-order valence-corrected chi connectivity index (χ1v) is 6.71. The Balaban J connectivity index is 2.06. The molecule has 0 saturated heterocycles. The average Bonchev–Trinajstić information content (AvgIpc) is 2.41. The minimum Gasteiger partial charge on any atom is -0.325 e. The van der Waals surface area contributed by atoms with Crippen molar-refractivity contribution in [2.75, 3.05) is 5.32 Å². The number of carbonyl (C=O) groups excluding carboxylic acids is 1. The topological polar surface area (TPSA) is 29.1 Å².